The summed E-state index contributed by atoms with van der Waals surface area (Å²) >= 11 is 6.21. The Hall–Kier alpha value is -0.530. The van der Waals surface area contributed by atoms with Gasteiger partial charge in [-0.1, -0.05) is 43.6 Å². The molecule has 1 saturated heterocycles. The van der Waals surface area contributed by atoms with Crippen molar-refractivity contribution in [3.63, 3.8) is 0 Å². The standard InChI is InChI=1S/C15H22ClN/c1-12(2)15(9-5-11-17-15)10-8-13-6-3-4-7-14(13)16/h3-4,6-7,12,17H,5,8-11H2,1-2H3. The summed E-state index contributed by atoms with van der Waals surface area (Å²) in [5.41, 5.74) is 1.61. The summed E-state index contributed by atoms with van der Waals surface area (Å²) in [4.78, 5) is 0. The van der Waals surface area contributed by atoms with Gasteiger partial charge >= 0.3 is 0 Å². The summed E-state index contributed by atoms with van der Waals surface area (Å²) in [5.74, 6) is 0.687. The van der Waals surface area contributed by atoms with Crippen LogP contribution < -0.4 is 5.32 Å². The van der Waals surface area contributed by atoms with Crippen molar-refractivity contribution < 1.29 is 0 Å². The first kappa shape index (κ1) is 12.9. The van der Waals surface area contributed by atoms with E-state index in [1.165, 1.54) is 31.4 Å². The molecular weight excluding hydrogens is 230 g/mol. The zero-order valence-electron chi connectivity index (χ0n) is 10.8. The van der Waals surface area contributed by atoms with Gasteiger partial charge in [0.15, 0.2) is 0 Å². The number of aryl methyl sites for hydroxylation is 1. The van der Waals surface area contributed by atoms with Crippen LogP contribution in [-0.2, 0) is 6.42 Å². The second-order valence-electron chi connectivity index (χ2n) is 5.43. The molecule has 2 heteroatoms. The Balaban J connectivity index is 2.03. The van der Waals surface area contributed by atoms with Gasteiger partial charge in [0.05, 0.1) is 0 Å². The number of halogens is 1. The summed E-state index contributed by atoms with van der Waals surface area (Å²) in [5, 5.41) is 4.62. The maximum absolute atomic E-state index is 6.21. The molecule has 94 valence electrons. The van der Waals surface area contributed by atoms with Crippen molar-refractivity contribution in [2.75, 3.05) is 6.54 Å². The molecule has 1 fully saturated rings. The minimum atomic E-state index is 0.333. The summed E-state index contributed by atoms with van der Waals surface area (Å²) in [7, 11) is 0. The third-order valence-electron chi connectivity index (χ3n) is 4.18. The first-order chi connectivity index (χ1) is 8.14. The van der Waals surface area contributed by atoms with E-state index in [1.807, 2.05) is 12.1 Å². The molecule has 0 amide bonds. The average molecular weight is 252 g/mol. The van der Waals surface area contributed by atoms with Crippen LogP contribution in [0.5, 0.6) is 0 Å². The Bertz CT molecular complexity index is 367. The lowest BCUT2D eigenvalue weighted by Crippen LogP contribution is -2.45. The third kappa shape index (κ3) is 2.83. The van der Waals surface area contributed by atoms with Gasteiger partial charge in [0, 0.05) is 10.6 Å². The van der Waals surface area contributed by atoms with E-state index in [1.54, 1.807) is 0 Å². The average Bonchev–Trinajstić information content (AvgIpc) is 2.78. The van der Waals surface area contributed by atoms with Gasteiger partial charge in [-0.15, -0.1) is 0 Å². The number of hydrogen-bond acceptors (Lipinski definition) is 1. The topological polar surface area (TPSA) is 12.0 Å². The predicted octanol–water partition coefficient (Wildman–Crippen LogP) is 4.05. The van der Waals surface area contributed by atoms with Gasteiger partial charge in [-0.2, -0.15) is 0 Å². The highest BCUT2D eigenvalue weighted by Crippen LogP contribution is 2.33. The normalized spacial score (nSPS) is 24.5. The monoisotopic (exact) mass is 251 g/mol. The molecule has 0 bridgehead atoms. The predicted molar refractivity (Wildman–Crippen MR) is 74.6 cm³/mol. The van der Waals surface area contributed by atoms with Crippen LogP contribution in [0.25, 0.3) is 0 Å². The van der Waals surface area contributed by atoms with Gasteiger partial charge in [-0.25, -0.2) is 0 Å². The molecule has 1 heterocycles. The van der Waals surface area contributed by atoms with Crippen molar-refractivity contribution >= 4 is 11.6 Å². The van der Waals surface area contributed by atoms with Gasteiger partial charge in [-0.05, 0) is 49.8 Å². The molecule has 0 spiro atoms. The first-order valence-electron chi connectivity index (χ1n) is 6.62. The fourth-order valence-corrected chi connectivity index (χ4v) is 3.11. The number of nitrogens with one attached hydrogen (secondary N) is 1. The molecule has 0 saturated carbocycles. The van der Waals surface area contributed by atoms with Crippen LogP contribution in [0.2, 0.25) is 5.02 Å². The Kier molecular flexibility index (Phi) is 4.11. The summed E-state index contributed by atoms with van der Waals surface area (Å²) in [6, 6.07) is 8.20. The van der Waals surface area contributed by atoms with E-state index in [0.717, 1.165) is 11.4 Å². The van der Waals surface area contributed by atoms with Gasteiger partial charge in [0.2, 0.25) is 0 Å². The fourth-order valence-electron chi connectivity index (χ4n) is 2.88. The van der Waals surface area contributed by atoms with Crippen LogP contribution in [0.3, 0.4) is 0 Å². The summed E-state index contributed by atoms with van der Waals surface area (Å²) in [6.45, 7) is 5.82. The Morgan fingerprint density at radius 1 is 1.35 bits per heavy atom. The summed E-state index contributed by atoms with van der Waals surface area (Å²) in [6.07, 6.45) is 4.87. The minimum absolute atomic E-state index is 0.333. The third-order valence-corrected chi connectivity index (χ3v) is 4.55. The lowest BCUT2D eigenvalue weighted by Gasteiger charge is -2.34. The van der Waals surface area contributed by atoms with E-state index < -0.39 is 0 Å². The van der Waals surface area contributed by atoms with E-state index in [9.17, 15) is 0 Å². The van der Waals surface area contributed by atoms with Gasteiger partial charge in [0.1, 0.15) is 0 Å². The minimum Gasteiger partial charge on any atom is -0.311 e. The van der Waals surface area contributed by atoms with Crippen molar-refractivity contribution in [3.8, 4) is 0 Å². The largest absolute Gasteiger partial charge is 0.311 e. The molecule has 2 rings (SSSR count). The molecule has 1 aliphatic rings. The molecule has 1 nitrogen and oxygen atoms in total. The van der Waals surface area contributed by atoms with Crippen molar-refractivity contribution in [2.24, 2.45) is 5.92 Å². The highest BCUT2D eigenvalue weighted by Gasteiger charge is 2.35. The van der Waals surface area contributed by atoms with E-state index >= 15 is 0 Å². The van der Waals surface area contributed by atoms with Crippen LogP contribution in [0, 0.1) is 5.92 Å². The molecule has 0 radical (unpaired) electrons. The lowest BCUT2D eigenvalue weighted by atomic mass is 9.80. The van der Waals surface area contributed by atoms with Gasteiger partial charge in [-0.3, -0.25) is 0 Å². The molecular formula is C15H22ClN. The van der Waals surface area contributed by atoms with E-state index in [2.05, 4.69) is 31.3 Å². The van der Waals surface area contributed by atoms with Crippen molar-refractivity contribution in [1.29, 1.82) is 0 Å². The number of hydrogen-bond donors (Lipinski definition) is 1. The molecule has 1 atom stereocenters. The zero-order chi connectivity index (χ0) is 12.3. The smallest absolute Gasteiger partial charge is 0.0437 e. The molecule has 0 aliphatic carbocycles. The van der Waals surface area contributed by atoms with Crippen molar-refractivity contribution in [2.45, 2.75) is 45.1 Å². The van der Waals surface area contributed by atoms with Crippen LogP contribution in [0.4, 0.5) is 0 Å². The van der Waals surface area contributed by atoms with Crippen LogP contribution in [0.1, 0.15) is 38.7 Å². The Labute approximate surface area is 110 Å². The molecule has 1 N–H and O–H groups in total. The SMILES string of the molecule is CC(C)C1(CCc2ccccc2Cl)CCCN1. The first-order valence-corrected chi connectivity index (χ1v) is 7.00. The molecule has 17 heavy (non-hydrogen) atoms. The van der Waals surface area contributed by atoms with Gasteiger partial charge < -0.3 is 5.32 Å². The highest BCUT2D eigenvalue weighted by atomic mass is 35.5. The zero-order valence-corrected chi connectivity index (χ0v) is 11.6. The molecule has 1 aromatic rings. The van der Waals surface area contributed by atoms with E-state index in [4.69, 9.17) is 11.6 Å². The summed E-state index contributed by atoms with van der Waals surface area (Å²) < 4.78 is 0. The van der Waals surface area contributed by atoms with Crippen LogP contribution >= 0.6 is 11.6 Å². The maximum atomic E-state index is 6.21. The maximum Gasteiger partial charge on any atom is 0.0437 e. The molecule has 1 aliphatic heterocycles. The Morgan fingerprint density at radius 3 is 2.71 bits per heavy atom. The van der Waals surface area contributed by atoms with Crippen LogP contribution in [0.15, 0.2) is 24.3 Å². The van der Waals surface area contributed by atoms with Gasteiger partial charge in [0.25, 0.3) is 0 Å². The van der Waals surface area contributed by atoms with E-state index in [-0.39, 0.29) is 0 Å². The quantitative estimate of drug-likeness (QED) is 0.851. The molecule has 1 aromatic carbocycles. The van der Waals surface area contributed by atoms with Crippen LogP contribution in [-0.4, -0.2) is 12.1 Å². The molecule has 0 aromatic heterocycles. The Morgan fingerprint density at radius 2 is 2.12 bits per heavy atom. The van der Waals surface area contributed by atoms with Crippen molar-refractivity contribution in [1.82, 2.24) is 5.32 Å². The highest BCUT2D eigenvalue weighted by molar-refractivity contribution is 6.31. The number of rotatable bonds is 4. The van der Waals surface area contributed by atoms with E-state index in [0.29, 0.717) is 11.5 Å². The fraction of sp³-hybridized carbons (Fsp3) is 0.600. The lowest BCUT2D eigenvalue weighted by molar-refractivity contribution is 0.252. The number of benzene rings is 1. The second-order valence-corrected chi connectivity index (χ2v) is 5.84. The van der Waals surface area contributed by atoms with Crippen molar-refractivity contribution in [3.05, 3.63) is 34.9 Å². The molecule has 1 unspecified atom stereocenters. The second kappa shape index (κ2) is 5.41.